The van der Waals surface area contributed by atoms with Crippen LogP contribution < -0.4 is 9.47 Å². The number of hydrogen-bond acceptors (Lipinski definition) is 6. The van der Waals surface area contributed by atoms with Crippen molar-refractivity contribution >= 4 is 11.9 Å². The second-order valence-corrected chi connectivity index (χ2v) is 11.3. The van der Waals surface area contributed by atoms with Crippen molar-refractivity contribution in [3.8, 4) is 33.8 Å². The number of carbonyl (C=O) groups excluding carboxylic acids is 2. The van der Waals surface area contributed by atoms with Crippen LogP contribution in [0.15, 0.2) is 84.9 Å². The topological polar surface area (TPSA) is 71.1 Å². The van der Waals surface area contributed by atoms with E-state index in [2.05, 4.69) is 36.4 Å². The smallest absolute Gasteiger partial charge is 0.310 e. The summed E-state index contributed by atoms with van der Waals surface area (Å²) in [5, 5.41) is 0. The molecular weight excluding hydrogens is 576 g/mol. The Morgan fingerprint density at radius 3 is 1.35 bits per heavy atom. The quantitative estimate of drug-likeness (QED) is 0.0868. The van der Waals surface area contributed by atoms with E-state index in [0.717, 1.165) is 83.4 Å². The first-order chi connectivity index (χ1) is 22.4. The van der Waals surface area contributed by atoms with Crippen molar-refractivity contribution in [2.75, 3.05) is 27.4 Å². The summed E-state index contributed by atoms with van der Waals surface area (Å²) in [5.41, 5.74) is 8.54. The van der Waals surface area contributed by atoms with Crippen LogP contribution in [-0.4, -0.2) is 39.4 Å². The number of unbranched alkanes of at least 4 members (excludes halogenated alkanes) is 3. The van der Waals surface area contributed by atoms with Crippen LogP contribution in [0.5, 0.6) is 11.5 Å². The zero-order valence-corrected chi connectivity index (χ0v) is 27.6. The van der Waals surface area contributed by atoms with Crippen molar-refractivity contribution in [3.63, 3.8) is 0 Å². The summed E-state index contributed by atoms with van der Waals surface area (Å²) in [6, 6.07) is 28.9. The van der Waals surface area contributed by atoms with E-state index in [0.29, 0.717) is 13.2 Å². The van der Waals surface area contributed by atoms with Gasteiger partial charge in [0, 0.05) is 11.1 Å². The molecule has 0 atom stereocenters. The van der Waals surface area contributed by atoms with Crippen molar-refractivity contribution in [1.29, 1.82) is 0 Å². The monoisotopic (exact) mass is 622 g/mol. The predicted molar refractivity (Wildman–Crippen MR) is 183 cm³/mol. The van der Waals surface area contributed by atoms with Crippen molar-refractivity contribution in [1.82, 2.24) is 0 Å². The second kappa shape index (κ2) is 17.8. The van der Waals surface area contributed by atoms with Crippen molar-refractivity contribution < 1.29 is 28.5 Å². The van der Waals surface area contributed by atoms with E-state index in [1.165, 1.54) is 11.1 Å². The highest BCUT2D eigenvalue weighted by molar-refractivity contribution is 5.77. The van der Waals surface area contributed by atoms with E-state index in [1.54, 1.807) is 14.2 Å². The van der Waals surface area contributed by atoms with Gasteiger partial charge < -0.3 is 18.9 Å². The summed E-state index contributed by atoms with van der Waals surface area (Å²) in [4.78, 5) is 24.0. The van der Waals surface area contributed by atoms with Crippen LogP contribution in [0.3, 0.4) is 0 Å². The van der Waals surface area contributed by atoms with Gasteiger partial charge in [0.2, 0.25) is 0 Å². The molecule has 0 radical (unpaired) electrons. The van der Waals surface area contributed by atoms with E-state index >= 15 is 0 Å². The number of carbonyl (C=O) groups is 2. The molecule has 0 saturated heterocycles. The number of methoxy groups -OCH3 is 2. The summed E-state index contributed by atoms with van der Waals surface area (Å²) in [6.07, 6.45) is 7.01. The van der Waals surface area contributed by atoms with Gasteiger partial charge in [-0.1, -0.05) is 73.5 Å². The molecule has 4 aromatic carbocycles. The summed E-state index contributed by atoms with van der Waals surface area (Å²) >= 11 is 0. The molecule has 0 aliphatic carbocycles. The molecular formula is C40H46O6. The molecule has 242 valence electrons. The maximum absolute atomic E-state index is 12.0. The van der Waals surface area contributed by atoms with Crippen LogP contribution in [-0.2, 0) is 44.7 Å². The van der Waals surface area contributed by atoms with Crippen molar-refractivity contribution in [2.24, 2.45) is 0 Å². The zero-order valence-electron chi connectivity index (χ0n) is 27.6. The van der Waals surface area contributed by atoms with Gasteiger partial charge in [-0.25, -0.2) is 0 Å². The first kappa shape index (κ1) is 34.3. The van der Waals surface area contributed by atoms with Crippen molar-refractivity contribution in [3.05, 3.63) is 107 Å². The fourth-order valence-electron chi connectivity index (χ4n) is 5.74. The van der Waals surface area contributed by atoms with Crippen LogP contribution in [0.1, 0.15) is 61.8 Å². The number of aryl methyl sites for hydroxylation is 2. The van der Waals surface area contributed by atoms with Crippen LogP contribution in [0.4, 0.5) is 0 Å². The zero-order chi connectivity index (χ0) is 32.7. The maximum atomic E-state index is 12.0. The molecule has 4 rings (SSSR count). The molecule has 0 heterocycles. The molecule has 0 aliphatic rings. The van der Waals surface area contributed by atoms with E-state index in [4.69, 9.17) is 18.9 Å². The Morgan fingerprint density at radius 2 is 0.957 bits per heavy atom. The molecule has 6 heteroatoms. The standard InChI is InChI=1S/C40H46O6/c1-5-45-39(41)27-31-15-11-17-33(23-31)35-25-29(19-21-37(35)43-3)13-9-7-8-10-14-30-20-22-38(44-4)36(26-30)34-18-12-16-32(24-34)28-40(42)46-6-2/h11-12,15-26H,5-10,13-14,27-28H2,1-4H3. The molecule has 0 amide bonds. The molecule has 0 aliphatic heterocycles. The van der Waals surface area contributed by atoms with E-state index in [9.17, 15) is 9.59 Å². The van der Waals surface area contributed by atoms with Gasteiger partial charge in [0.1, 0.15) is 11.5 Å². The molecule has 0 aromatic heterocycles. The molecule has 0 spiro atoms. The molecule has 0 fully saturated rings. The van der Waals surface area contributed by atoms with Gasteiger partial charge in [0.15, 0.2) is 0 Å². The second-order valence-electron chi connectivity index (χ2n) is 11.3. The van der Waals surface area contributed by atoms with Gasteiger partial charge in [0.05, 0.1) is 40.3 Å². The average Bonchev–Trinajstić information content (AvgIpc) is 3.06. The number of esters is 2. The molecule has 0 saturated carbocycles. The van der Waals surface area contributed by atoms with Gasteiger partial charge in [-0.05, 0) is 97.2 Å². The van der Waals surface area contributed by atoms with Gasteiger partial charge in [-0.2, -0.15) is 0 Å². The lowest BCUT2D eigenvalue weighted by molar-refractivity contribution is -0.143. The first-order valence-corrected chi connectivity index (χ1v) is 16.3. The number of hydrogen-bond donors (Lipinski definition) is 0. The highest BCUT2D eigenvalue weighted by atomic mass is 16.5. The number of benzene rings is 4. The minimum Gasteiger partial charge on any atom is -0.496 e. The van der Waals surface area contributed by atoms with E-state index in [1.807, 2.05) is 62.4 Å². The highest BCUT2D eigenvalue weighted by Crippen LogP contribution is 2.33. The lowest BCUT2D eigenvalue weighted by Gasteiger charge is -2.13. The molecule has 4 aromatic rings. The summed E-state index contributed by atoms with van der Waals surface area (Å²) < 4.78 is 21.6. The fraction of sp³-hybridized carbons (Fsp3) is 0.350. The SMILES string of the molecule is CCOC(=O)Cc1cccc(-c2cc(CCCCCCc3ccc(OC)c(-c4cccc(CC(=O)OCC)c4)c3)ccc2OC)c1. The Balaban J connectivity index is 1.32. The molecule has 0 N–H and O–H groups in total. The highest BCUT2D eigenvalue weighted by Gasteiger charge is 2.12. The lowest BCUT2D eigenvalue weighted by atomic mass is 9.96. The molecule has 0 unspecified atom stereocenters. The Labute approximate surface area is 273 Å². The Kier molecular flexibility index (Phi) is 13.3. The molecule has 6 nitrogen and oxygen atoms in total. The third kappa shape index (κ3) is 9.96. The lowest BCUT2D eigenvalue weighted by Crippen LogP contribution is -2.07. The van der Waals surface area contributed by atoms with E-state index in [-0.39, 0.29) is 24.8 Å². The minimum atomic E-state index is -0.217. The van der Waals surface area contributed by atoms with Crippen LogP contribution >= 0.6 is 0 Å². The summed E-state index contributed by atoms with van der Waals surface area (Å²) in [5.74, 6) is 1.21. The molecule has 46 heavy (non-hydrogen) atoms. The third-order valence-electron chi connectivity index (χ3n) is 7.99. The first-order valence-electron chi connectivity index (χ1n) is 16.3. The van der Waals surface area contributed by atoms with Gasteiger partial charge >= 0.3 is 11.9 Å². The number of ether oxygens (including phenoxy) is 4. The van der Waals surface area contributed by atoms with Crippen molar-refractivity contribution in [2.45, 2.75) is 65.2 Å². The van der Waals surface area contributed by atoms with Gasteiger partial charge in [-0.15, -0.1) is 0 Å². The largest absolute Gasteiger partial charge is 0.496 e. The third-order valence-corrected chi connectivity index (χ3v) is 7.99. The Hall–Kier alpha value is -4.58. The van der Waals surface area contributed by atoms with E-state index < -0.39 is 0 Å². The normalized spacial score (nSPS) is 10.8. The minimum absolute atomic E-state index is 0.217. The van der Waals surface area contributed by atoms with Crippen LogP contribution in [0.2, 0.25) is 0 Å². The summed E-state index contributed by atoms with van der Waals surface area (Å²) in [6.45, 7) is 4.40. The molecule has 0 bridgehead atoms. The fourth-order valence-corrected chi connectivity index (χ4v) is 5.74. The Bertz CT molecular complexity index is 1470. The van der Waals surface area contributed by atoms with Gasteiger partial charge in [-0.3, -0.25) is 9.59 Å². The Morgan fingerprint density at radius 1 is 0.522 bits per heavy atom. The van der Waals surface area contributed by atoms with Crippen LogP contribution in [0.25, 0.3) is 22.3 Å². The van der Waals surface area contributed by atoms with Gasteiger partial charge in [0.25, 0.3) is 0 Å². The summed E-state index contributed by atoms with van der Waals surface area (Å²) in [7, 11) is 3.38. The maximum Gasteiger partial charge on any atom is 0.310 e. The average molecular weight is 623 g/mol. The van der Waals surface area contributed by atoms with Crippen LogP contribution in [0, 0.1) is 0 Å². The predicted octanol–water partition coefficient (Wildman–Crippen LogP) is 8.59. The number of rotatable bonds is 17.